The molecule has 2 heterocycles. The van der Waals surface area contributed by atoms with Crippen molar-refractivity contribution in [3.63, 3.8) is 0 Å². The minimum atomic E-state index is -1.29. The Bertz CT molecular complexity index is 551. The molecule has 0 unspecified atom stereocenters. The fourth-order valence-corrected chi connectivity index (χ4v) is 3.16. The summed E-state index contributed by atoms with van der Waals surface area (Å²) in [6.07, 6.45) is 7.84. The van der Waals surface area contributed by atoms with E-state index in [1.54, 1.807) is 6.92 Å². The van der Waals surface area contributed by atoms with Crippen LogP contribution < -0.4 is 0 Å². The van der Waals surface area contributed by atoms with Crippen LogP contribution in [-0.4, -0.2) is 34.1 Å². The third kappa shape index (κ3) is 4.23. The van der Waals surface area contributed by atoms with E-state index in [1.165, 1.54) is 11.1 Å². The highest BCUT2D eigenvalue weighted by Gasteiger charge is 2.42. The van der Waals surface area contributed by atoms with Crippen molar-refractivity contribution in [2.75, 3.05) is 0 Å². The van der Waals surface area contributed by atoms with Gasteiger partial charge in [-0.3, -0.25) is 0 Å². The number of aliphatic hydroxyl groups excluding tert-OH is 1. The summed E-state index contributed by atoms with van der Waals surface area (Å²) in [5.41, 5.74) is 3.09. The average molecular weight is 318 g/mol. The van der Waals surface area contributed by atoms with Gasteiger partial charge < -0.3 is 14.9 Å². The smallest absolute Gasteiger partial charge is 0.114 e. The van der Waals surface area contributed by atoms with E-state index in [0.29, 0.717) is 12.8 Å². The van der Waals surface area contributed by atoms with Crippen LogP contribution in [0.2, 0.25) is 0 Å². The number of ether oxygens (including phenoxy) is 1. The minimum Gasteiger partial charge on any atom is -0.390 e. The quantitative estimate of drug-likeness (QED) is 0.722. The van der Waals surface area contributed by atoms with Gasteiger partial charge in [-0.05, 0) is 58.1 Å². The van der Waals surface area contributed by atoms with E-state index in [2.05, 4.69) is 32.6 Å². The minimum absolute atomic E-state index is 0.0137. The first-order chi connectivity index (χ1) is 10.7. The van der Waals surface area contributed by atoms with Crippen LogP contribution in [0.25, 0.3) is 0 Å². The van der Waals surface area contributed by atoms with Crippen LogP contribution in [0.4, 0.5) is 0 Å². The molecule has 2 rings (SSSR count). The van der Waals surface area contributed by atoms with Crippen molar-refractivity contribution in [1.29, 1.82) is 0 Å². The molecule has 4 atom stereocenters. The lowest BCUT2D eigenvalue weighted by molar-refractivity contribution is -0.170. The standard InChI is InChI=1S/C20H30O3/c1-13(2)16-9-6-14(3)7-10-17-15(4)8-11-19(23-17)20(5,22)18(21)12-16/h6,8-9,17-19,21-22H,1,7,10-12H2,2-5H3/b14-6+,16-9-/t17-,18-,19+,20-/m0/s1. The van der Waals surface area contributed by atoms with Crippen molar-refractivity contribution in [1.82, 2.24) is 0 Å². The molecule has 0 aromatic rings. The monoisotopic (exact) mass is 318 g/mol. The molecule has 23 heavy (non-hydrogen) atoms. The lowest BCUT2D eigenvalue weighted by Crippen LogP contribution is -2.53. The molecule has 0 amide bonds. The Hall–Kier alpha value is -1.16. The number of fused-ring (bicyclic) bond motifs is 2. The van der Waals surface area contributed by atoms with Crippen LogP contribution >= 0.6 is 0 Å². The Labute approximate surface area is 140 Å². The second kappa shape index (κ2) is 7.16. The second-order valence-electron chi connectivity index (χ2n) is 7.27. The summed E-state index contributed by atoms with van der Waals surface area (Å²) in [7, 11) is 0. The van der Waals surface area contributed by atoms with Crippen LogP contribution in [0.15, 0.2) is 47.1 Å². The van der Waals surface area contributed by atoms with Crippen LogP contribution in [0.5, 0.6) is 0 Å². The number of hydrogen-bond acceptors (Lipinski definition) is 3. The van der Waals surface area contributed by atoms with Gasteiger partial charge in [0.2, 0.25) is 0 Å². The van der Waals surface area contributed by atoms with E-state index >= 15 is 0 Å². The highest BCUT2D eigenvalue weighted by molar-refractivity contribution is 5.32. The van der Waals surface area contributed by atoms with Gasteiger partial charge in [-0.2, -0.15) is 0 Å². The van der Waals surface area contributed by atoms with Gasteiger partial charge in [0.25, 0.3) is 0 Å². The number of rotatable bonds is 1. The third-order valence-corrected chi connectivity index (χ3v) is 5.15. The predicted octanol–water partition coefficient (Wildman–Crippen LogP) is 3.83. The Kier molecular flexibility index (Phi) is 5.66. The maximum atomic E-state index is 10.9. The first-order valence-corrected chi connectivity index (χ1v) is 8.46. The molecule has 2 bridgehead atoms. The van der Waals surface area contributed by atoms with E-state index in [9.17, 15) is 10.2 Å². The predicted molar refractivity (Wildman–Crippen MR) is 94.2 cm³/mol. The van der Waals surface area contributed by atoms with E-state index in [1.807, 2.05) is 13.0 Å². The molecule has 0 saturated carbocycles. The normalized spacial score (nSPS) is 40.6. The fourth-order valence-electron chi connectivity index (χ4n) is 3.16. The topological polar surface area (TPSA) is 49.7 Å². The summed E-state index contributed by atoms with van der Waals surface area (Å²) in [5, 5.41) is 21.5. The van der Waals surface area contributed by atoms with Crippen LogP contribution in [0, 0.1) is 0 Å². The molecule has 3 nitrogen and oxygen atoms in total. The molecule has 0 aromatic heterocycles. The van der Waals surface area contributed by atoms with Crippen molar-refractivity contribution in [3.05, 3.63) is 47.1 Å². The van der Waals surface area contributed by atoms with Gasteiger partial charge in [0.1, 0.15) is 5.60 Å². The van der Waals surface area contributed by atoms with Crippen molar-refractivity contribution < 1.29 is 14.9 Å². The first kappa shape index (κ1) is 18.2. The van der Waals surface area contributed by atoms with E-state index < -0.39 is 11.7 Å². The van der Waals surface area contributed by atoms with E-state index in [4.69, 9.17) is 4.74 Å². The Balaban J connectivity index is 2.38. The van der Waals surface area contributed by atoms with Crippen molar-refractivity contribution in [3.8, 4) is 0 Å². The molecular weight excluding hydrogens is 288 g/mol. The summed E-state index contributed by atoms with van der Waals surface area (Å²) in [6, 6.07) is 0. The van der Waals surface area contributed by atoms with Crippen molar-refractivity contribution >= 4 is 0 Å². The summed E-state index contributed by atoms with van der Waals surface area (Å²) in [4.78, 5) is 0. The highest BCUT2D eigenvalue weighted by Crippen LogP contribution is 2.34. The number of hydrogen-bond donors (Lipinski definition) is 2. The molecular formula is C20H30O3. The molecule has 0 fully saturated rings. The molecule has 128 valence electrons. The van der Waals surface area contributed by atoms with Gasteiger partial charge in [-0.1, -0.05) is 36.0 Å². The molecule has 0 radical (unpaired) electrons. The van der Waals surface area contributed by atoms with Gasteiger partial charge in [0, 0.05) is 6.42 Å². The summed E-state index contributed by atoms with van der Waals surface area (Å²) < 4.78 is 6.15. The lowest BCUT2D eigenvalue weighted by atomic mass is 9.83. The fraction of sp³-hybridized carbons (Fsp3) is 0.600. The SMILES string of the molecule is C=C(C)/C1=C\C=C(/C)CC[C@@H]2O[C@H](CC=C2C)[C@@](C)(O)[C@@H](O)C1. The van der Waals surface area contributed by atoms with Gasteiger partial charge in [-0.15, -0.1) is 0 Å². The van der Waals surface area contributed by atoms with Crippen LogP contribution in [0.1, 0.15) is 53.4 Å². The number of aliphatic hydroxyl groups is 2. The third-order valence-electron chi connectivity index (χ3n) is 5.15. The Morgan fingerprint density at radius 2 is 2.04 bits per heavy atom. The molecule has 3 heteroatoms. The lowest BCUT2D eigenvalue weighted by Gasteiger charge is -2.41. The van der Waals surface area contributed by atoms with Gasteiger partial charge >= 0.3 is 0 Å². The summed E-state index contributed by atoms with van der Waals surface area (Å²) in [6.45, 7) is 11.8. The zero-order chi connectivity index (χ0) is 17.2. The Morgan fingerprint density at radius 1 is 1.35 bits per heavy atom. The van der Waals surface area contributed by atoms with Gasteiger partial charge in [-0.25, -0.2) is 0 Å². The molecule has 2 aliphatic rings. The summed E-state index contributed by atoms with van der Waals surface area (Å²) >= 11 is 0. The molecule has 2 N–H and O–H groups in total. The van der Waals surface area contributed by atoms with Crippen LogP contribution in [0.3, 0.4) is 0 Å². The molecule has 0 aliphatic carbocycles. The largest absolute Gasteiger partial charge is 0.390 e. The van der Waals surface area contributed by atoms with Crippen LogP contribution in [-0.2, 0) is 4.74 Å². The average Bonchev–Trinajstić information content (AvgIpc) is 2.48. The molecule has 0 aromatic carbocycles. The van der Waals surface area contributed by atoms with Gasteiger partial charge in [0.15, 0.2) is 0 Å². The maximum absolute atomic E-state index is 10.9. The summed E-state index contributed by atoms with van der Waals surface area (Å²) in [5.74, 6) is 0. The Morgan fingerprint density at radius 3 is 2.70 bits per heavy atom. The zero-order valence-corrected chi connectivity index (χ0v) is 14.8. The van der Waals surface area contributed by atoms with Crippen molar-refractivity contribution in [2.24, 2.45) is 0 Å². The van der Waals surface area contributed by atoms with Crippen molar-refractivity contribution in [2.45, 2.75) is 77.3 Å². The van der Waals surface area contributed by atoms with E-state index in [-0.39, 0.29) is 12.2 Å². The second-order valence-corrected chi connectivity index (χ2v) is 7.27. The zero-order valence-electron chi connectivity index (χ0n) is 14.8. The molecule has 0 spiro atoms. The maximum Gasteiger partial charge on any atom is 0.114 e. The molecule has 2 aliphatic heterocycles. The molecule has 0 saturated heterocycles. The van der Waals surface area contributed by atoms with E-state index in [0.717, 1.165) is 24.0 Å². The van der Waals surface area contributed by atoms with Gasteiger partial charge in [0.05, 0.1) is 18.3 Å². The number of allylic oxidation sites excluding steroid dienone is 4. The first-order valence-electron chi connectivity index (χ1n) is 8.46. The highest BCUT2D eigenvalue weighted by atomic mass is 16.5.